The van der Waals surface area contributed by atoms with Crippen LogP contribution in [0, 0.1) is 0 Å². The Morgan fingerprint density at radius 2 is 1.84 bits per heavy atom. The van der Waals surface area contributed by atoms with E-state index >= 15 is 0 Å². The number of carboxylic acid groups (broad SMARTS) is 1. The Morgan fingerprint density at radius 3 is 2.36 bits per heavy atom. The third kappa shape index (κ3) is 4.60. The van der Waals surface area contributed by atoms with Gasteiger partial charge >= 0.3 is 5.97 Å². The highest BCUT2D eigenvalue weighted by atomic mass is 32.2. The number of methoxy groups -OCH3 is 2. The predicted molar refractivity (Wildman–Crippen MR) is 97.5 cm³/mol. The molecule has 0 spiro atoms. The van der Waals surface area contributed by atoms with Crippen LogP contribution < -0.4 is 9.47 Å². The van der Waals surface area contributed by atoms with Crippen molar-refractivity contribution >= 4 is 23.6 Å². The number of nitrogens with zero attached hydrogens (tertiary/aromatic N) is 1. The fraction of sp³-hybridized carbons (Fsp3) is 0.556. The molecule has 0 aromatic heterocycles. The molecule has 2 rings (SSSR count). The van der Waals surface area contributed by atoms with Crippen LogP contribution in [0.4, 0.5) is 0 Å². The summed E-state index contributed by atoms with van der Waals surface area (Å²) in [5.74, 6) is 0.164. The zero-order chi connectivity index (χ0) is 18.4. The van der Waals surface area contributed by atoms with Crippen molar-refractivity contribution in [3.8, 4) is 11.5 Å². The van der Waals surface area contributed by atoms with Crippen LogP contribution in [-0.4, -0.2) is 53.3 Å². The molecule has 25 heavy (non-hydrogen) atoms. The standard InChI is InChI=1S/C18H25NO5S/c1-4-5-6-7-16-19(15(11-25-16)18(21)22)17(20)12-8-13(23-2)10-14(9-12)24-3/h8-10,15-16H,4-7,11H2,1-3H3,(H,21,22)/t15-,16-/m0/s1. The number of carbonyl (C=O) groups is 2. The lowest BCUT2D eigenvalue weighted by Crippen LogP contribution is -2.45. The van der Waals surface area contributed by atoms with Gasteiger partial charge in [-0.05, 0) is 18.6 Å². The van der Waals surface area contributed by atoms with E-state index < -0.39 is 12.0 Å². The molecule has 1 fully saturated rings. The number of hydrogen-bond donors (Lipinski definition) is 1. The molecule has 0 radical (unpaired) electrons. The Kier molecular flexibility index (Phi) is 6.99. The van der Waals surface area contributed by atoms with Crippen molar-refractivity contribution in [3.63, 3.8) is 0 Å². The number of thioether (sulfide) groups is 1. The summed E-state index contributed by atoms with van der Waals surface area (Å²) in [7, 11) is 3.03. The Bertz CT molecular complexity index is 599. The first-order chi connectivity index (χ1) is 12.0. The highest BCUT2D eigenvalue weighted by Gasteiger charge is 2.41. The van der Waals surface area contributed by atoms with Gasteiger partial charge in [0.15, 0.2) is 0 Å². The molecule has 0 aliphatic carbocycles. The Balaban J connectivity index is 2.29. The van der Waals surface area contributed by atoms with E-state index in [4.69, 9.17) is 9.47 Å². The van der Waals surface area contributed by atoms with Gasteiger partial charge in [0, 0.05) is 17.4 Å². The fourth-order valence-corrected chi connectivity index (χ4v) is 4.34. The summed E-state index contributed by atoms with van der Waals surface area (Å²) >= 11 is 1.54. The number of carboxylic acids is 1. The second kappa shape index (κ2) is 8.99. The van der Waals surface area contributed by atoms with E-state index in [1.54, 1.807) is 30.0 Å². The third-order valence-corrected chi connectivity index (χ3v) is 5.62. The molecule has 138 valence electrons. The van der Waals surface area contributed by atoms with Gasteiger partial charge < -0.3 is 19.5 Å². The number of unbranched alkanes of at least 4 members (excludes halogenated alkanes) is 2. The van der Waals surface area contributed by atoms with Crippen LogP contribution in [0.1, 0.15) is 43.0 Å². The van der Waals surface area contributed by atoms with Gasteiger partial charge in [-0.2, -0.15) is 0 Å². The lowest BCUT2D eigenvalue weighted by Gasteiger charge is -2.27. The molecule has 2 atom stereocenters. The van der Waals surface area contributed by atoms with Crippen LogP contribution in [0.15, 0.2) is 18.2 Å². The van der Waals surface area contributed by atoms with Crippen molar-refractivity contribution in [1.82, 2.24) is 4.90 Å². The minimum absolute atomic E-state index is 0.114. The van der Waals surface area contributed by atoms with Crippen LogP contribution in [-0.2, 0) is 4.79 Å². The molecule has 1 saturated heterocycles. The average molecular weight is 367 g/mol. The largest absolute Gasteiger partial charge is 0.497 e. The molecule has 1 aliphatic rings. The monoisotopic (exact) mass is 367 g/mol. The quantitative estimate of drug-likeness (QED) is 0.711. The molecule has 1 N–H and O–H groups in total. The maximum atomic E-state index is 13.1. The van der Waals surface area contributed by atoms with Crippen molar-refractivity contribution in [1.29, 1.82) is 0 Å². The molecule has 0 saturated carbocycles. The number of benzene rings is 1. The molecule has 1 aromatic rings. The molecule has 6 nitrogen and oxygen atoms in total. The predicted octanol–water partition coefficient (Wildman–Crippen LogP) is 3.25. The van der Waals surface area contributed by atoms with Crippen LogP contribution >= 0.6 is 11.8 Å². The van der Waals surface area contributed by atoms with Crippen molar-refractivity contribution in [2.75, 3.05) is 20.0 Å². The summed E-state index contributed by atoms with van der Waals surface area (Å²) in [5.41, 5.74) is 0.380. The topological polar surface area (TPSA) is 76.1 Å². The minimum Gasteiger partial charge on any atom is -0.497 e. The van der Waals surface area contributed by atoms with Gasteiger partial charge in [0.05, 0.1) is 19.6 Å². The van der Waals surface area contributed by atoms with Gasteiger partial charge in [0.2, 0.25) is 0 Å². The number of rotatable bonds is 8. The minimum atomic E-state index is -0.964. The first kappa shape index (κ1) is 19.4. The summed E-state index contributed by atoms with van der Waals surface area (Å²) in [6, 6.07) is 4.12. The molecule has 1 aliphatic heterocycles. The van der Waals surface area contributed by atoms with E-state index in [2.05, 4.69) is 6.92 Å². The molecule has 0 bridgehead atoms. The number of ether oxygens (including phenoxy) is 2. The van der Waals surface area contributed by atoms with Crippen LogP contribution in [0.5, 0.6) is 11.5 Å². The van der Waals surface area contributed by atoms with Crippen LogP contribution in [0.3, 0.4) is 0 Å². The Hall–Kier alpha value is -1.89. The Morgan fingerprint density at radius 1 is 1.20 bits per heavy atom. The van der Waals surface area contributed by atoms with Gasteiger partial charge in [-0.3, -0.25) is 4.79 Å². The lowest BCUT2D eigenvalue weighted by atomic mass is 10.1. The van der Waals surface area contributed by atoms with Crippen LogP contribution in [0.25, 0.3) is 0 Å². The van der Waals surface area contributed by atoms with Gasteiger partial charge in [-0.25, -0.2) is 4.79 Å². The van der Waals surface area contributed by atoms with E-state index in [0.717, 1.165) is 25.7 Å². The first-order valence-corrected chi connectivity index (χ1v) is 9.46. The van der Waals surface area contributed by atoms with Gasteiger partial charge in [-0.15, -0.1) is 11.8 Å². The zero-order valence-corrected chi connectivity index (χ0v) is 15.7. The SMILES string of the molecule is CCCCC[C@@H]1SC[C@@H](C(=O)O)N1C(=O)c1cc(OC)cc(OC)c1. The summed E-state index contributed by atoms with van der Waals surface area (Å²) in [5, 5.41) is 9.40. The van der Waals surface area contributed by atoms with Crippen molar-refractivity contribution in [2.45, 2.75) is 44.0 Å². The lowest BCUT2D eigenvalue weighted by molar-refractivity contribution is -0.141. The fourth-order valence-electron chi connectivity index (χ4n) is 2.90. The number of aliphatic carboxylic acids is 1. The molecule has 1 amide bonds. The molecule has 0 unspecified atom stereocenters. The summed E-state index contributed by atoms with van der Waals surface area (Å²) < 4.78 is 10.4. The second-order valence-corrected chi connectivity index (χ2v) is 7.16. The van der Waals surface area contributed by atoms with E-state index in [1.807, 2.05) is 0 Å². The molecule has 1 heterocycles. The summed E-state index contributed by atoms with van der Waals surface area (Å²) in [6.45, 7) is 2.12. The first-order valence-electron chi connectivity index (χ1n) is 8.42. The van der Waals surface area contributed by atoms with Crippen molar-refractivity contribution in [2.24, 2.45) is 0 Å². The van der Waals surface area contributed by atoms with Gasteiger partial charge in [0.1, 0.15) is 17.5 Å². The van der Waals surface area contributed by atoms with Gasteiger partial charge in [0.25, 0.3) is 5.91 Å². The zero-order valence-electron chi connectivity index (χ0n) is 14.9. The maximum Gasteiger partial charge on any atom is 0.327 e. The van der Waals surface area contributed by atoms with Crippen molar-refractivity contribution in [3.05, 3.63) is 23.8 Å². The molecular weight excluding hydrogens is 342 g/mol. The molecular formula is C18H25NO5S. The van der Waals surface area contributed by atoms with E-state index in [9.17, 15) is 14.7 Å². The number of amides is 1. The molecule has 1 aromatic carbocycles. The van der Waals surface area contributed by atoms with E-state index in [0.29, 0.717) is 22.8 Å². The summed E-state index contributed by atoms with van der Waals surface area (Å²) in [4.78, 5) is 26.2. The van der Waals surface area contributed by atoms with E-state index in [1.165, 1.54) is 19.1 Å². The number of carbonyl (C=O) groups excluding carboxylic acids is 1. The van der Waals surface area contributed by atoms with E-state index in [-0.39, 0.29) is 11.3 Å². The van der Waals surface area contributed by atoms with Gasteiger partial charge in [-0.1, -0.05) is 26.2 Å². The van der Waals surface area contributed by atoms with Crippen LogP contribution in [0.2, 0.25) is 0 Å². The summed E-state index contributed by atoms with van der Waals surface area (Å²) in [6.07, 6.45) is 3.94. The van der Waals surface area contributed by atoms with Crippen molar-refractivity contribution < 1.29 is 24.2 Å². The Labute approximate surface area is 152 Å². The molecule has 7 heteroatoms. The normalized spacial score (nSPS) is 19.7. The maximum absolute atomic E-state index is 13.1. The third-order valence-electron chi connectivity index (χ3n) is 4.27. The second-order valence-electron chi connectivity index (χ2n) is 5.95. The smallest absolute Gasteiger partial charge is 0.327 e. The number of hydrogen-bond acceptors (Lipinski definition) is 5. The average Bonchev–Trinajstić information content (AvgIpc) is 3.04. The highest BCUT2D eigenvalue weighted by molar-refractivity contribution is 8.00. The highest BCUT2D eigenvalue weighted by Crippen LogP contribution is 2.35.